The zero-order valence-electron chi connectivity index (χ0n) is 20.3. The van der Waals surface area contributed by atoms with E-state index in [1.807, 2.05) is 42.5 Å². The first-order valence-electron chi connectivity index (χ1n) is 12.3. The van der Waals surface area contributed by atoms with Crippen LogP contribution in [0.5, 0.6) is 10.9 Å². The molecule has 2 unspecified atom stereocenters. The SMILES string of the molecule is COC(=O)C1CCCCC1c1nc(Oc2ccccc2)sc1-c1ccc(N2CCS(=O)(=O)CC2)cc1. The minimum Gasteiger partial charge on any atom is -0.469 e. The molecule has 2 aliphatic rings. The Kier molecular flexibility index (Phi) is 7.29. The number of nitrogens with zero attached hydrogens (tertiary/aromatic N) is 2. The Bertz CT molecular complexity index is 1290. The Morgan fingerprint density at radius 1 is 1.00 bits per heavy atom. The van der Waals surface area contributed by atoms with Crippen LogP contribution in [0, 0.1) is 5.92 Å². The molecule has 0 bridgehead atoms. The number of thiazole rings is 1. The molecular weight excluding hydrogens is 496 g/mol. The van der Waals surface area contributed by atoms with Gasteiger partial charge in [0.2, 0.25) is 0 Å². The number of esters is 1. The quantitative estimate of drug-likeness (QED) is 0.404. The van der Waals surface area contributed by atoms with Gasteiger partial charge in [0.25, 0.3) is 5.19 Å². The molecule has 2 fully saturated rings. The van der Waals surface area contributed by atoms with Gasteiger partial charge in [-0.2, -0.15) is 0 Å². The lowest BCUT2D eigenvalue weighted by Gasteiger charge is -2.29. The normalized spacial score (nSPS) is 21.6. The minimum absolute atomic E-state index is 0.0300. The van der Waals surface area contributed by atoms with Crippen molar-refractivity contribution in [1.29, 1.82) is 0 Å². The first kappa shape index (κ1) is 24.8. The van der Waals surface area contributed by atoms with Gasteiger partial charge in [0, 0.05) is 24.7 Å². The molecule has 9 heteroatoms. The van der Waals surface area contributed by atoms with Crippen molar-refractivity contribution in [3.8, 4) is 21.4 Å². The fraction of sp³-hybridized carbons (Fsp3) is 0.407. The van der Waals surface area contributed by atoms with Crippen LogP contribution >= 0.6 is 11.3 Å². The predicted octanol–water partition coefficient (Wildman–Crippen LogP) is 5.28. The van der Waals surface area contributed by atoms with Crippen molar-refractivity contribution < 1.29 is 22.7 Å². The van der Waals surface area contributed by atoms with Gasteiger partial charge in [0.1, 0.15) is 5.75 Å². The van der Waals surface area contributed by atoms with E-state index in [4.69, 9.17) is 14.5 Å². The molecule has 0 N–H and O–H groups in total. The summed E-state index contributed by atoms with van der Waals surface area (Å²) in [7, 11) is -1.48. The number of rotatable bonds is 6. The van der Waals surface area contributed by atoms with Crippen molar-refractivity contribution in [2.75, 3.05) is 36.6 Å². The summed E-state index contributed by atoms with van der Waals surface area (Å²) < 4.78 is 34.9. The number of hydrogen-bond donors (Lipinski definition) is 0. The molecule has 7 nitrogen and oxygen atoms in total. The number of carbonyl (C=O) groups is 1. The molecule has 0 spiro atoms. The average Bonchev–Trinajstić information content (AvgIpc) is 3.32. The lowest BCUT2D eigenvalue weighted by atomic mass is 9.77. The summed E-state index contributed by atoms with van der Waals surface area (Å²) >= 11 is 1.49. The van der Waals surface area contributed by atoms with Crippen molar-refractivity contribution in [2.24, 2.45) is 5.92 Å². The number of para-hydroxylation sites is 1. The van der Waals surface area contributed by atoms with Gasteiger partial charge in [-0.3, -0.25) is 4.79 Å². The van der Waals surface area contributed by atoms with Crippen molar-refractivity contribution in [3.63, 3.8) is 0 Å². The van der Waals surface area contributed by atoms with Gasteiger partial charge in [-0.25, -0.2) is 13.4 Å². The summed E-state index contributed by atoms with van der Waals surface area (Å²) in [6.45, 7) is 1.01. The molecular formula is C27H30N2O5S2. The number of sulfone groups is 1. The van der Waals surface area contributed by atoms with E-state index >= 15 is 0 Å². The van der Waals surface area contributed by atoms with Crippen LogP contribution in [0.1, 0.15) is 37.3 Å². The number of carbonyl (C=O) groups excluding carboxylic acids is 1. The molecule has 0 amide bonds. The van der Waals surface area contributed by atoms with Crippen LogP contribution in [0.15, 0.2) is 54.6 Å². The molecule has 36 heavy (non-hydrogen) atoms. The summed E-state index contributed by atoms with van der Waals surface area (Å²) in [5, 5.41) is 0.547. The molecule has 3 aromatic rings. The second-order valence-corrected chi connectivity index (χ2v) is 12.6. The van der Waals surface area contributed by atoms with Crippen molar-refractivity contribution in [1.82, 2.24) is 4.98 Å². The highest BCUT2D eigenvalue weighted by molar-refractivity contribution is 7.91. The topological polar surface area (TPSA) is 85.8 Å². The number of methoxy groups -OCH3 is 1. The monoisotopic (exact) mass is 526 g/mol. The highest BCUT2D eigenvalue weighted by Crippen LogP contribution is 2.46. The Balaban J connectivity index is 1.47. The number of ether oxygens (including phenoxy) is 2. The van der Waals surface area contributed by atoms with Crippen LogP contribution in [-0.4, -0.2) is 51.1 Å². The van der Waals surface area contributed by atoms with Crippen LogP contribution in [-0.2, 0) is 19.4 Å². The van der Waals surface area contributed by atoms with Crippen LogP contribution in [0.3, 0.4) is 0 Å². The van der Waals surface area contributed by atoms with E-state index < -0.39 is 9.84 Å². The molecule has 2 atom stereocenters. The number of hydrogen-bond acceptors (Lipinski definition) is 8. The van der Waals surface area contributed by atoms with Gasteiger partial charge in [0.05, 0.1) is 35.1 Å². The minimum atomic E-state index is -2.93. The average molecular weight is 527 g/mol. The third-order valence-electron chi connectivity index (χ3n) is 7.04. The summed E-state index contributed by atoms with van der Waals surface area (Å²) in [4.78, 5) is 20.7. The maximum atomic E-state index is 12.6. The molecule has 190 valence electrons. The van der Waals surface area contributed by atoms with Crippen molar-refractivity contribution in [2.45, 2.75) is 31.6 Å². The summed E-state index contributed by atoms with van der Waals surface area (Å²) in [6, 6.07) is 17.7. The van der Waals surface area contributed by atoms with Gasteiger partial charge in [-0.1, -0.05) is 54.5 Å². The highest BCUT2D eigenvalue weighted by Gasteiger charge is 2.36. The van der Waals surface area contributed by atoms with Crippen LogP contribution in [0.2, 0.25) is 0 Å². The molecule has 2 aromatic carbocycles. The molecule has 1 saturated heterocycles. The summed E-state index contributed by atoms with van der Waals surface area (Å²) in [5.74, 6) is 0.656. The lowest BCUT2D eigenvalue weighted by molar-refractivity contribution is -0.147. The van der Waals surface area contributed by atoms with Crippen LogP contribution in [0.4, 0.5) is 5.69 Å². The maximum absolute atomic E-state index is 12.6. The number of benzene rings is 2. The zero-order chi connectivity index (χ0) is 25.1. The standard InChI is InChI=1S/C27H30N2O5S2/c1-33-26(30)23-10-6-5-9-22(23)24-25(35-27(28-24)34-21-7-3-2-4-8-21)19-11-13-20(14-12-19)29-15-17-36(31,32)18-16-29/h2-4,7-8,11-14,22-23H,5-6,9-10,15-18H2,1H3. The van der Waals surface area contributed by atoms with Crippen LogP contribution < -0.4 is 9.64 Å². The largest absolute Gasteiger partial charge is 0.469 e. The fourth-order valence-corrected chi connectivity index (χ4v) is 7.30. The van der Waals surface area contributed by atoms with Crippen molar-refractivity contribution in [3.05, 3.63) is 60.3 Å². The van der Waals surface area contributed by atoms with E-state index in [0.717, 1.165) is 47.5 Å². The molecule has 1 saturated carbocycles. The summed E-state index contributed by atoms with van der Waals surface area (Å²) in [5.41, 5.74) is 2.90. The smallest absolute Gasteiger partial charge is 0.309 e. The predicted molar refractivity (Wildman–Crippen MR) is 142 cm³/mol. The van der Waals surface area contributed by atoms with E-state index in [2.05, 4.69) is 17.0 Å². The van der Waals surface area contributed by atoms with E-state index in [-0.39, 0.29) is 29.3 Å². The Hall–Kier alpha value is -2.91. The number of aromatic nitrogens is 1. The Morgan fingerprint density at radius 3 is 2.39 bits per heavy atom. The van der Waals surface area contributed by atoms with E-state index in [1.54, 1.807) is 0 Å². The van der Waals surface area contributed by atoms with Gasteiger partial charge < -0.3 is 14.4 Å². The Labute approximate surface area is 216 Å². The highest BCUT2D eigenvalue weighted by atomic mass is 32.2. The molecule has 2 heterocycles. The fourth-order valence-electron chi connectivity index (χ4n) is 5.09. The van der Waals surface area contributed by atoms with E-state index in [1.165, 1.54) is 18.4 Å². The molecule has 1 aliphatic heterocycles. The van der Waals surface area contributed by atoms with Gasteiger partial charge in [-0.15, -0.1) is 0 Å². The molecule has 0 radical (unpaired) electrons. The van der Waals surface area contributed by atoms with Gasteiger partial charge in [0.15, 0.2) is 9.84 Å². The second-order valence-electron chi connectivity index (χ2n) is 9.32. The lowest BCUT2D eigenvalue weighted by Crippen LogP contribution is -2.40. The Morgan fingerprint density at radius 2 is 1.69 bits per heavy atom. The van der Waals surface area contributed by atoms with Crippen LogP contribution in [0.25, 0.3) is 10.4 Å². The number of anilines is 1. The van der Waals surface area contributed by atoms with E-state index in [9.17, 15) is 13.2 Å². The third kappa shape index (κ3) is 5.42. The zero-order valence-corrected chi connectivity index (χ0v) is 21.9. The second kappa shape index (κ2) is 10.6. The molecule has 1 aliphatic carbocycles. The molecule has 1 aromatic heterocycles. The maximum Gasteiger partial charge on any atom is 0.309 e. The molecule has 5 rings (SSSR count). The first-order chi connectivity index (χ1) is 17.4. The summed E-state index contributed by atoms with van der Waals surface area (Å²) in [6.07, 6.45) is 3.71. The van der Waals surface area contributed by atoms with E-state index in [0.29, 0.717) is 24.0 Å². The van der Waals surface area contributed by atoms with Gasteiger partial charge >= 0.3 is 5.97 Å². The third-order valence-corrected chi connectivity index (χ3v) is 9.65. The first-order valence-corrected chi connectivity index (χ1v) is 14.9. The van der Waals surface area contributed by atoms with Crippen molar-refractivity contribution >= 4 is 32.8 Å². The van der Waals surface area contributed by atoms with Gasteiger partial charge in [-0.05, 0) is 42.7 Å².